The van der Waals surface area contributed by atoms with Crippen molar-refractivity contribution in [2.24, 2.45) is 5.92 Å². The van der Waals surface area contributed by atoms with E-state index in [1.807, 2.05) is 26.8 Å². The van der Waals surface area contributed by atoms with Crippen LogP contribution in [0.1, 0.15) is 57.4 Å². The van der Waals surface area contributed by atoms with Crippen molar-refractivity contribution >= 4 is 5.97 Å². The van der Waals surface area contributed by atoms with Crippen molar-refractivity contribution in [2.45, 2.75) is 60.5 Å². The number of esters is 1. The zero-order valence-electron chi connectivity index (χ0n) is 15.4. The third-order valence-electron chi connectivity index (χ3n) is 4.55. The fourth-order valence-electron chi connectivity index (χ4n) is 2.78. The highest BCUT2D eigenvalue weighted by Gasteiger charge is 2.17. The van der Waals surface area contributed by atoms with Gasteiger partial charge in [-0.2, -0.15) is 0 Å². The van der Waals surface area contributed by atoms with Crippen LogP contribution in [0, 0.1) is 12.8 Å². The van der Waals surface area contributed by atoms with Crippen molar-refractivity contribution < 1.29 is 13.9 Å². The second-order valence-corrected chi connectivity index (χ2v) is 6.88. The van der Waals surface area contributed by atoms with E-state index in [4.69, 9.17) is 9.15 Å². The lowest BCUT2D eigenvalue weighted by atomic mass is 9.90. The molecule has 1 aromatic rings. The minimum atomic E-state index is -0.306. The van der Waals surface area contributed by atoms with Gasteiger partial charge in [-0.25, -0.2) is 4.79 Å². The Morgan fingerprint density at radius 3 is 2.79 bits per heavy atom. The summed E-state index contributed by atoms with van der Waals surface area (Å²) in [7, 11) is 0. The van der Waals surface area contributed by atoms with Gasteiger partial charge >= 0.3 is 5.97 Å². The quantitative estimate of drug-likeness (QED) is 0.515. The predicted molar refractivity (Wildman–Crippen MR) is 96.6 cm³/mol. The molecule has 130 valence electrons. The average Bonchev–Trinajstić information content (AvgIpc) is 2.88. The number of allylic oxidation sites excluding steroid dienone is 5. The van der Waals surface area contributed by atoms with Crippen LogP contribution < -0.4 is 0 Å². The maximum atomic E-state index is 11.8. The number of furan rings is 1. The second-order valence-electron chi connectivity index (χ2n) is 6.88. The van der Waals surface area contributed by atoms with E-state index in [1.165, 1.54) is 22.8 Å². The topological polar surface area (TPSA) is 39.4 Å². The number of carbonyl (C=O) groups excluding carboxylic acids is 1. The molecule has 0 bridgehead atoms. The maximum Gasteiger partial charge on any atom is 0.330 e. The van der Waals surface area contributed by atoms with Crippen LogP contribution in [0.15, 0.2) is 45.6 Å². The van der Waals surface area contributed by atoms with Crippen LogP contribution in [0.3, 0.4) is 0 Å². The molecule has 0 aliphatic heterocycles. The second kappa shape index (κ2) is 8.18. The first-order valence-corrected chi connectivity index (χ1v) is 8.65. The summed E-state index contributed by atoms with van der Waals surface area (Å²) < 4.78 is 11.1. The molecule has 2 rings (SSSR count). The van der Waals surface area contributed by atoms with E-state index in [1.54, 1.807) is 6.26 Å². The Morgan fingerprint density at radius 2 is 2.08 bits per heavy atom. The number of rotatable bonds is 6. The molecule has 24 heavy (non-hydrogen) atoms. The molecule has 0 saturated heterocycles. The van der Waals surface area contributed by atoms with Gasteiger partial charge in [-0.3, -0.25) is 0 Å². The molecule has 0 unspecified atom stereocenters. The van der Waals surface area contributed by atoms with Gasteiger partial charge in [0, 0.05) is 18.1 Å². The van der Waals surface area contributed by atoms with Gasteiger partial charge < -0.3 is 9.15 Å². The van der Waals surface area contributed by atoms with Gasteiger partial charge in [0.1, 0.15) is 12.4 Å². The van der Waals surface area contributed by atoms with Crippen LogP contribution in [-0.2, 0) is 22.6 Å². The van der Waals surface area contributed by atoms with Crippen LogP contribution in [0.5, 0.6) is 0 Å². The van der Waals surface area contributed by atoms with Crippen molar-refractivity contribution in [3.05, 3.63) is 58.1 Å². The van der Waals surface area contributed by atoms with Crippen molar-refractivity contribution in [2.75, 3.05) is 0 Å². The van der Waals surface area contributed by atoms with Gasteiger partial charge in [0.25, 0.3) is 0 Å². The van der Waals surface area contributed by atoms with Gasteiger partial charge in [0.15, 0.2) is 0 Å². The lowest BCUT2D eigenvalue weighted by Gasteiger charge is -2.17. The maximum absolute atomic E-state index is 11.8. The Balaban J connectivity index is 2.06. The molecular formula is C21H28O3. The molecule has 0 saturated carbocycles. The first kappa shape index (κ1) is 18.3. The van der Waals surface area contributed by atoms with Gasteiger partial charge in [-0.1, -0.05) is 31.6 Å². The summed E-state index contributed by atoms with van der Waals surface area (Å²) in [6.07, 6.45) is 10.4. The fraction of sp³-hybridized carbons (Fsp3) is 0.476. The molecule has 0 N–H and O–H groups in total. The van der Waals surface area contributed by atoms with Crippen molar-refractivity contribution in [1.82, 2.24) is 0 Å². The third kappa shape index (κ3) is 4.73. The monoisotopic (exact) mass is 328 g/mol. The summed E-state index contributed by atoms with van der Waals surface area (Å²) >= 11 is 0. The van der Waals surface area contributed by atoms with Crippen molar-refractivity contribution in [1.29, 1.82) is 0 Å². The molecule has 0 atom stereocenters. The van der Waals surface area contributed by atoms with Crippen LogP contribution in [0.4, 0.5) is 0 Å². The summed E-state index contributed by atoms with van der Waals surface area (Å²) in [6.45, 7) is 10.7. The SMILES string of the molecule is CC1=C(C)C(Cc2occ(C)c2COC(=O)/C=C\C(C)C)=CCC1. The van der Waals surface area contributed by atoms with E-state index < -0.39 is 0 Å². The van der Waals surface area contributed by atoms with Crippen LogP contribution >= 0.6 is 0 Å². The lowest BCUT2D eigenvalue weighted by Crippen LogP contribution is -2.05. The highest BCUT2D eigenvalue weighted by atomic mass is 16.5. The van der Waals surface area contributed by atoms with Crippen molar-refractivity contribution in [3.63, 3.8) is 0 Å². The number of ether oxygens (including phenoxy) is 1. The van der Waals surface area contributed by atoms with E-state index in [-0.39, 0.29) is 12.6 Å². The Hall–Kier alpha value is -2.03. The Labute approximate surface area is 145 Å². The van der Waals surface area contributed by atoms with E-state index in [9.17, 15) is 4.79 Å². The van der Waals surface area contributed by atoms with Crippen LogP contribution in [-0.4, -0.2) is 5.97 Å². The zero-order chi connectivity index (χ0) is 17.7. The Morgan fingerprint density at radius 1 is 1.33 bits per heavy atom. The van der Waals surface area contributed by atoms with E-state index >= 15 is 0 Å². The number of carbonyl (C=O) groups is 1. The summed E-state index contributed by atoms with van der Waals surface area (Å²) in [5.41, 5.74) is 6.14. The minimum absolute atomic E-state index is 0.258. The molecule has 1 aliphatic carbocycles. The molecule has 3 heteroatoms. The Bertz CT molecular complexity index is 684. The van der Waals surface area contributed by atoms with Crippen LogP contribution in [0.2, 0.25) is 0 Å². The van der Waals surface area contributed by atoms with E-state index in [0.717, 1.165) is 36.1 Å². The average molecular weight is 328 g/mol. The smallest absolute Gasteiger partial charge is 0.330 e. The predicted octanol–water partition coefficient (Wildman–Crippen LogP) is 5.44. The Kier molecular flexibility index (Phi) is 6.24. The van der Waals surface area contributed by atoms with Gasteiger partial charge in [0.2, 0.25) is 0 Å². The molecule has 0 spiro atoms. The summed E-state index contributed by atoms with van der Waals surface area (Å²) in [5, 5.41) is 0. The molecule has 0 aromatic carbocycles. The largest absolute Gasteiger partial charge is 0.468 e. The molecule has 1 aromatic heterocycles. The highest BCUT2D eigenvalue weighted by molar-refractivity contribution is 5.81. The third-order valence-corrected chi connectivity index (χ3v) is 4.55. The summed E-state index contributed by atoms with van der Waals surface area (Å²) in [5.74, 6) is 0.924. The fourth-order valence-corrected chi connectivity index (χ4v) is 2.78. The number of hydrogen-bond acceptors (Lipinski definition) is 3. The molecule has 1 heterocycles. The number of aryl methyl sites for hydroxylation is 1. The standard InChI is InChI=1S/C21H28O3/c1-14(2)9-10-21(22)24-13-19-16(4)12-23-20(19)11-18-8-6-7-15(3)17(18)5/h8-10,12,14H,6-7,11,13H2,1-5H3/b10-9-. The van der Waals surface area contributed by atoms with E-state index in [2.05, 4.69) is 19.9 Å². The summed E-state index contributed by atoms with van der Waals surface area (Å²) in [6, 6.07) is 0. The van der Waals surface area contributed by atoms with Gasteiger partial charge in [0.05, 0.1) is 6.26 Å². The molecular weight excluding hydrogens is 300 g/mol. The molecule has 0 amide bonds. The van der Waals surface area contributed by atoms with E-state index in [0.29, 0.717) is 5.92 Å². The van der Waals surface area contributed by atoms with Crippen molar-refractivity contribution in [3.8, 4) is 0 Å². The highest BCUT2D eigenvalue weighted by Crippen LogP contribution is 2.29. The molecule has 1 aliphatic rings. The summed E-state index contributed by atoms with van der Waals surface area (Å²) in [4.78, 5) is 11.8. The molecule has 0 fully saturated rings. The first-order valence-electron chi connectivity index (χ1n) is 8.65. The first-order chi connectivity index (χ1) is 11.4. The minimum Gasteiger partial charge on any atom is -0.468 e. The zero-order valence-corrected chi connectivity index (χ0v) is 15.4. The molecule has 0 radical (unpaired) electrons. The van der Waals surface area contributed by atoms with Crippen LogP contribution in [0.25, 0.3) is 0 Å². The molecule has 3 nitrogen and oxygen atoms in total. The van der Waals surface area contributed by atoms with Gasteiger partial charge in [-0.15, -0.1) is 0 Å². The van der Waals surface area contributed by atoms with Gasteiger partial charge in [-0.05, 0) is 56.2 Å². The lowest BCUT2D eigenvalue weighted by molar-refractivity contribution is -0.139. The number of hydrogen-bond donors (Lipinski definition) is 0. The normalized spacial score (nSPS) is 15.3.